The molecule has 0 N–H and O–H groups in total. The molecule has 2 aromatic carbocycles. The average Bonchev–Trinajstić information content (AvgIpc) is 2.86. The van der Waals surface area contributed by atoms with Gasteiger partial charge in [0.25, 0.3) is 0 Å². The molecule has 0 fully saturated rings. The second kappa shape index (κ2) is 8.45. The monoisotopic (exact) mass is 448 g/mol. The van der Waals surface area contributed by atoms with Gasteiger partial charge < -0.3 is 0 Å². The molecule has 0 bridgehead atoms. The van der Waals surface area contributed by atoms with Crippen molar-refractivity contribution in [3.63, 3.8) is 0 Å². The topological polar surface area (TPSA) is 68.3 Å². The lowest BCUT2D eigenvalue weighted by Crippen LogP contribution is -2.26. The van der Waals surface area contributed by atoms with Gasteiger partial charge in [-0.25, -0.2) is 0 Å². The van der Waals surface area contributed by atoms with Crippen molar-refractivity contribution in [3.8, 4) is 0 Å². The molecule has 4 aliphatic rings. The van der Waals surface area contributed by atoms with Crippen molar-refractivity contribution in [3.05, 3.63) is 117 Å². The molecule has 2 aromatic rings. The van der Waals surface area contributed by atoms with Gasteiger partial charge in [-0.1, -0.05) is 79.3 Å². The molecule has 0 saturated carbocycles. The molecule has 0 spiro atoms. The molecule has 1 atom stereocenters. The zero-order valence-electron chi connectivity index (χ0n) is 19.2. The molecule has 1 unspecified atom stereocenters. The van der Waals surface area contributed by atoms with E-state index in [0.29, 0.717) is 57.4 Å². The zero-order valence-corrected chi connectivity index (χ0v) is 19.2. The van der Waals surface area contributed by atoms with Gasteiger partial charge in [0.05, 0.1) is 0 Å². The predicted octanol–water partition coefficient (Wildman–Crippen LogP) is 6.06. The van der Waals surface area contributed by atoms with Crippen molar-refractivity contribution >= 4 is 23.1 Å². The van der Waals surface area contributed by atoms with E-state index in [1.165, 1.54) is 5.57 Å². The molecule has 34 heavy (non-hydrogen) atoms. The summed E-state index contributed by atoms with van der Waals surface area (Å²) >= 11 is 0. The Bertz CT molecular complexity index is 1410. The Morgan fingerprint density at radius 3 is 1.85 bits per heavy atom. The van der Waals surface area contributed by atoms with Crippen LogP contribution in [-0.2, 0) is 0 Å². The van der Waals surface area contributed by atoms with Crippen LogP contribution < -0.4 is 0 Å². The number of fused-ring (bicyclic) bond motifs is 2. The summed E-state index contributed by atoms with van der Waals surface area (Å²) in [5.41, 5.74) is 6.06. The van der Waals surface area contributed by atoms with Gasteiger partial charge in [-0.2, -0.15) is 0 Å². The van der Waals surface area contributed by atoms with Gasteiger partial charge >= 0.3 is 0 Å². The van der Waals surface area contributed by atoms with E-state index >= 15 is 0 Å². The number of Topliss-reactive ketones (excluding diaryl/α,β-unsaturated/α-hetero) is 4. The Morgan fingerprint density at radius 1 is 0.706 bits per heavy atom. The molecule has 6 rings (SSSR count). The second-order valence-corrected chi connectivity index (χ2v) is 9.16. The fraction of sp³-hybridized carbons (Fsp3) is 0.200. The first kappa shape index (κ1) is 21.9. The maximum Gasteiger partial charge on any atom is 0.194 e. The van der Waals surface area contributed by atoms with Gasteiger partial charge in [0.2, 0.25) is 0 Å². The highest BCUT2D eigenvalue weighted by Gasteiger charge is 2.34. The molecule has 4 aliphatic carbocycles. The Labute approximate surface area is 198 Å². The number of rotatable bonds is 0. The van der Waals surface area contributed by atoms with Crippen LogP contribution in [-0.4, -0.2) is 23.1 Å². The van der Waals surface area contributed by atoms with Crippen LogP contribution in [0.25, 0.3) is 0 Å². The minimum absolute atomic E-state index is 0.0157. The maximum absolute atomic E-state index is 12.4. The van der Waals surface area contributed by atoms with Gasteiger partial charge in [0.15, 0.2) is 23.1 Å². The van der Waals surface area contributed by atoms with E-state index in [9.17, 15) is 19.2 Å². The van der Waals surface area contributed by atoms with Crippen LogP contribution in [0.4, 0.5) is 0 Å². The third-order valence-corrected chi connectivity index (χ3v) is 6.90. The van der Waals surface area contributed by atoms with E-state index in [4.69, 9.17) is 0 Å². The third kappa shape index (κ3) is 3.47. The molecule has 0 aromatic heterocycles. The van der Waals surface area contributed by atoms with Crippen molar-refractivity contribution in [1.29, 1.82) is 0 Å². The van der Waals surface area contributed by atoms with E-state index in [2.05, 4.69) is 0 Å². The Balaban J connectivity index is 0.000000142. The van der Waals surface area contributed by atoms with E-state index in [1.807, 2.05) is 26.0 Å². The summed E-state index contributed by atoms with van der Waals surface area (Å²) in [5, 5.41) is 0. The predicted molar refractivity (Wildman–Crippen MR) is 130 cm³/mol. The lowest BCUT2D eigenvalue weighted by Gasteiger charge is -2.25. The minimum atomic E-state index is -0.0157. The second-order valence-electron chi connectivity index (χ2n) is 9.16. The number of ketones is 4. The normalized spacial score (nSPS) is 20.6. The molecule has 0 aliphatic heterocycles. The average molecular weight is 449 g/mol. The first-order valence-corrected chi connectivity index (χ1v) is 11.5. The fourth-order valence-electron chi connectivity index (χ4n) is 5.08. The largest absolute Gasteiger partial charge is 0.289 e. The smallest absolute Gasteiger partial charge is 0.194 e. The SMILES string of the molecule is CC1=CCC2=C(C1)C(=O)c1ccccc1C2=O.CC1CC=CC2=C1C(=O)c1ccccc1C2=O. The maximum atomic E-state index is 12.4. The fourth-order valence-corrected chi connectivity index (χ4v) is 5.08. The summed E-state index contributed by atoms with van der Waals surface area (Å²) in [7, 11) is 0. The van der Waals surface area contributed by atoms with Crippen LogP contribution in [0, 0.1) is 5.92 Å². The molecule has 0 amide bonds. The Hall–Kier alpha value is -3.92. The van der Waals surface area contributed by atoms with Crippen LogP contribution in [0.1, 0.15) is 74.5 Å². The molecular weight excluding hydrogens is 424 g/mol. The van der Waals surface area contributed by atoms with Gasteiger partial charge in [0, 0.05) is 44.5 Å². The minimum Gasteiger partial charge on any atom is -0.289 e. The summed E-state index contributed by atoms with van der Waals surface area (Å²) in [6, 6.07) is 14.2. The van der Waals surface area contributed by atoms with Gasteiger partial charge in [0.1, 0.15) is 0 Å². The van der Waals surface area contributed by atoms with E-state index in [0.717, 1.165) is 6.42 Å². The highest BCUT2D eigenvalue weighted by atomic mass is 16.1. The number of carbonyl (C=O) groups is 4. The lowest BCUT2D eigenvalue weighted by molar-refractivity contribution is 0.0968. The summed E-state index contributed by atoms with van der Waals surface area (Å²) in [6.45, 7) is 4.00. The zero-order chi connectivity index (χ0) is 24.0. The van der Waals surface area contributed by atoms with E-state index in [1.54, 1.807) is 54.6 Å². The summed E-state index contributed by atoms with van der Waals surface area (Å²) in [5.74, 6) is 0.200. The summed E-state index contributed by atoms with van der Waals surface area (Å²) in [4.78, 5) is 49.2. The van der Waals surface area contributed by atoms with Crippen LogP contribution in [0.2, 0.25) is 0 Å². The molecular formula is C30H24O4. The summed E-state index contributed by atoms with van der Waals surface area (Å²) in [6.07, 6.45) is 7.86. The molecule has 4 heteroatoms. The Morgan fingerprint density at radius 2 is 1.24 bits per heavy atom. The first-order chi connectivity index (χ1) is 16.4. The van der Waals surface area contributed by atoms with Crippen molar-refractivity contribution in [2.75, 3.05) is 0 Å². The highest BCUT2D eigenvalue weighted by Crippen LogP contribution is 2.36. The molecule has 0 heterocycles. The molecule has 4 nitrogen and oxygen atoms in total. The molecule has 168 valence electrons. The standard InChI is InChI=1S/2C15H12O2/c1-9-5-4-8-12-13(9)15(17)11-7-3-2-6-10(11)14(12)16;1-9-6-7-12-13(8-9)15(17)11-5-3-2-4-10(11)14(12)16/h2-4,6-9H,5H2,1H3;2-6H,7-8H2,1H3. The number of hydrogen-bond acceptors (Lipinski definition) is 4. The number of hydrogen-bond donors (Lipinski definition) is 0. The quantitative estimate of drug-likeness (QED) is 0.460. The van der Waals surface area contributed by atoms with Crippen LogP contribution in [0.15, 0.2) is 94.6 Å². The molecule has 0 radical (unpaired) electrons. The molecule has 0 saturated heterocycles. The van der Waals surface area contributed by atoms with Crippen LogP contribution in [0.3, 0.4) is 0 Å². The van der Waals surface area contributed by atoms with Crippen molar-refractivity contribution < 1.29 is 19.2 Å². The van der Waals surface area contributed by atoms with Crippen LogP contribution in [0.5, 0.6) is 0 Å². The van der Waals surface area contributed by atoms with E-state index < -0.39 is 0 Å². The number of carbonyl (C=O) groups excluding carboxylic acids is 4. The van der Waals surface area contributed by atoms with E-state index in [-0.39, 0.29) is 29.1 Å². The van der Waals surface area contributed by atoms with Crippen molar-refractivity contribution in [1.82, 2.24) is 0 Å². The van der Waals surface area contributed by atoms with Crippen molar-refractivity contribution in [2.24, 2.45) is 5.92 Å². The highest BCUT2D eigenvalue weighted by molar-refractivity contribution is 6.28. The Kier molecular flexibility index (Phi) is 5.45. The van der Waals surface area contributed by atoms with Gasteiger partial charge in [-0.05, 0) is 32.1 Å². The van der Waals surface area contributed by atoms with Crippen LogP contribution >= 0.6 is 0 Å². The first-order valence-electron chi connectivity index (χ1n) is 11.5. The number of benzene rings is 2. The van der Waals surface area contributed by atoms with Gasteiger partial charge in [-0.15, -0.1) is 0 Å². The summed E-state index contributed by atoms with van der Waals surface area (Å²) < 4.78 is 0. The lowest BCUT2D eigenvalue weighted by atomic mass is 9.76. The third-order valence-electron chi connectivity index (χ3n) is 6.90. The number of allylic oxidation sites excluding steroid dienone is 8. The van der Waals surface area contributed by atoms with Crippen molar-refractivity contribution in [2.45, 2.75) is 33.1 Å². The van der Waals surface area contributed by atoms with Gasteiger partial charge in [-0.3, -0.25) is 19.2 Å².